The molecule has 0 N–H and O–H groups in total. The van der Waals surface area contributed by atoms with Gasteiger partial charge in [0, 0.05) is 10.6 Å². The summed E-state index contributed by atoms with van der Waals surface area (Å²) in [5.74, 6) is 0. The zero-order valence-corrected chi connectivity index (χ0v) is 13.1. The summed E-state index contributed by atoms with van der Waals surface area (Å²) >= 11 is 3.43. The van der Waals surface area contributed by atoms with Gasteiger partial charge in [-0.15, -0.1) is 13.2 Å². The van der Waals surface area contributed by atoms with Crippen molar-refractivity contribution in [2.75, 3.05) is 0 Å². The van der Waals surface area contributed by atoms with Gasteiger partial charge in [0.2, 0.25) is 0 Å². The van der Waals surface area contributed by atoms with E-state index < -0.39 is 9.76 Å². The van der Waals surface area contributed by atoms with Crippen molar-refractivity contribution in [2.45, 2.75) is 25.4 Å². The van der Waals surface area contributed by atoms with Crippen LogP contribution in [0.4, 0.5) is 0 Å². The highest BCUT2D eigenvalue weighted by Crippen LogP contribution is 2.08. The molecule has 1 atom stereocenters. The minimum absolute atomic E-state index is 0.306. The summed E-state index contributed by atoms with van der Waals surface area (Å²) in [5.41, 5.74) is 0. The zero-order chi connectivity index (χ0) is 12.5. The molecule has 0 aromatic heterocycles. The standard InChI is InChI=1S/C14H19BrOSi/c1-3-5-7-13(6-4-2)16-17-14-10-8-12(15)9-11-14/h3-4,8-11,13H,1-2,5-7,17H2. The molecule has 1 rings (SSSR count). The van der Waals surface area contributed by atoms with Crippen LogP contribution in [0.15, 0.2) is 54.0 Å². The average Bonchev–Trinajstić information content (AvgIpc) is 2.35. The lowest BCUT2D eigenvalue weighted by Crippen LogP contribution is -2.23. The van der Waals surface area contributed by atoms with E-state index in [0.717, 1.165) is 23.7 Å². The van der Waals surface area contributed by atoms with Crippen LogP contribution in [0.2, 0.25) is 0 Å². The first-order chi connectivity index (χ1) is 8.26. The van der Waals surface area contributed by atoms with Crippen LogP contribution in [-0.4, -0.2) is 15.9 Å². The molecule has 1 unspecified atom stereocenters. The second-order valence-electron chi connectivity index (χ2n) is 3.95. The summed E-state index contributed by atoms with van der Waals surface area (Å²) in [7, 11) is -0.626. The van der Waals surface area contributed by atoms with Crippen LogP contribution in [0.1, 0.15) is 19.3 Å². The molecular weight excluding hydrogens is 292 g/mol. The summed E-state index contributed by atoms with van der Waals surface area (Å²) in [4.78, 5) is 0. The lowest BCUT2D eigenvalue weighted by molar-refractivity contribution is 0.209. The Labute approximate surface area is 115 Å². The van der Waals surface area contributed by atoms with Crippen LogP contribution >= 0.6 is 15.9 Å². The summed E-state index contributed by atoms with van der Waals surface area (Å²) in [5, 5.41) is 1.33. The number of benzene rings is 1. The first kappa shape index (κ1) is 14.4. The van der Waals surface area contributed by atoms with Crippen molar-refractivity contribution < 1.29 is 4.43 Å². The molecule has 0 bridgehead atoms. The topological polar surface area (TPSA) is 9.23 Å². The number of hydrogen-bond acceptors (Lipinski definition) is 1. The van der Waals surface area contributed by atoms with E-state index in [0.29, 0.717) is 6.10 Å². The monoisotopic (exact) mass is 310 g/mol. The van der Waals surface area contributed by atoms with Crippen LogP contribution < -0.4 is 5.19 Å². The third-order valence-corrected chi connectivity index (χ3v) is 4.49. The van der Waals surface area contributed by atoms with Crippen LogP contribution in [0.3, 0.4) is 0 Å². The molecule has 0 amide bonds. The van der Waals surface area contributed by atoms with Gasteiger partial charge >= 0.3 is 0 Å². The van der Waals surface area contributed by atoms with Gasteiger partial charge in [0.25, 0.3) is 0 Å². The molecule has 0 aliphatic rings. The maximum atomic E-state index is 6.02. The zero-order valence-electron chi connectivity index (χ0n) is 10.1. The van der Waals surface area contributed by atoms with Gasteiger partial charge in [0.05, 0.1) is 0 Å². The Kier molecular flexibility index (Phi) is 7.16. The molecule has 0 aliphatic heterocycles. The van der Waals surface area contributed by atoms with Crippen molar-refractivity contribution in [1.82, 2.24) is 0 Å². The molecule has 0 spiro atoms. The van der Waals surface area contributed by atoms with Gasteiger partial charge in [-0.25, -0.2) is 0 Å². The molecule has 0 saturated carbocycles. The molecular formula is C14H19BrOSi. The highest BCUT2D eigenvalue weighted by Gasteiger charge is 2.06. The highest BCUT2D eigenvalue weighted by atomic mass is 79.9. The van der Waals surface area contributed by atoms with Crippen LogP contribution in [0.25, 0.3) is 0 Å². The fraction of sp³-hybridized carbons (Fsp3) is 0.286. The van der Waals surface area contributed by atoms with Gasteiger partial charge in [0.1, 0.15) is 0 Å². The molecule has 92 valence electrons. The van der Waals surface area contributed by atoms with Gasteiger partial charge < -0.3 is 4.43 Å². The fourth-order valence-corrected chi connectivity index (χ4v) is 2.98. The van der Waals surface area contributed by atoms with E-state index in [9.17, 15) is 0 Å². The second-order valence-corrected chi connectivity index (χ2v) is 6.30. The number of allylic oxidation sites excluding steroid dienone is 1. The van der Waals surface area contributed by atoms with Crippen molar-refractivity contribution in [3.63, 3.8) is 0 Å². The predicted octanol–water partition coefficient (Wildman–Crippen LogP) is 3.09. The van der Waals surface area contributed by atoms with E-state index in [2.05, 4.69) is 53.4 Å². The van der Waals surface area contributed by atoms with Crippen molar-refractivity contribution >= 4 is 30.9 Å². The van der Waals surface area contributed by atoms with Gasteiger partial charge in [-0.2, -0.15) is 0 Å². The Morgan fingerprint density at radius 3 is 2.53 bits per heavy atom. The maximum Gasteiger partial charge on any atom is 0.192 e. The minimum Gasteiger partial charge on any atom is -0.415 e. The molecule has 0 radical (unpaired) electrons. The van der Waals surface area contributed by atoms with Gasteiger partial charge in [-0.1, -0.05) is 40.2 Å². The van der Waals surface area contributed by atoms with E-state index in [4.69, 9.17) is 4.43 Å². The Morgan fingerprint density at radius 2 is 1.94 bits per heavy atom. The highest BCUT2D eigenvalue weighted by molar-refractivity contribution is 9.10. The minimum atomic E-state index is -0.626. The molecule has 0 heterocycles. The summed E-state index contributed by atoms with van der Waals surface area (Å²) in [6.07, 6.45) is 7.16. The molecule has 1 nitrogen and oxygen atoms in total. The first-order valence-electron chi connectivity index (χ1n) is 5.84. The molecule has 17 heavy (non-hydrogen) atoms. The molecule has 0 saturated heterocycles. The number of hydrogen-bond donors (Lipinski definition) is 0. The van der Waals surface area contributed by atoms with Crippen LogP contribution in [-0.2, 0) is 4.43 Å². The number of halogens is 1. The second kappa shape index (κ2) is 8.45. The Morgan fingerprint density at radius 1 is 1.24 bits per heavy atom. The average molecular weight is 311 g/mol. The third-order valence-electron chi connectivity index (χ3n) is 2.52. The van der Waals surface area contributed by atoms with E-state index >= 15 is 0 Å². The van der Waals surface area contributed by atoms with Crippen LogP contribution in [0.5, 0.6) is 0 Å². The van der Waals surface area contributed by atoms with E-state index in [-0.39, 0.29) is 0 Å². The van der Waals surface area contributed by atoms with Crippen molar-refractivity contribution in [3.8, 4) is 0 Å². The Balaban J connectivity index is 2.41. The Bertz CT molecular complexity index is 348. The van der Waals surface area contributed by atoms with E-state index in [1.54, 1.807) is 0 Å². The SMILES string of the molecule is C=CCCC(CC=C)O[SiH2]c1ccc(Br)cc1. The summed E-state index contributed by atoms with van der Waals surface area (Å²) in [6.45, 7) is 7.52. The van der Waals surface area contributed by atoms with Gasteiger partial charge in [0.15, 0.2) is 9.76 Å². The third kappa shape index (κ3) is 6.01. The van der Waals surface area contributed by atoms with E-state index in [1.807, 2.05) is 12.2 Å². The summed E-state index contributed by atoms with van der Waals surface area (Å²) in [6, 6.07) is 8.40. The molecule has 1 aromatic carbocycles. The lowest BCUT2D eigenvalue weighted by atomic mass is 10.1. The molecule has 3 heteroatoms. The van der Waals surface area contributed by atoms with Crippen molar-refractivity contribution in [2.24, 2.45) is 0 Å². The van der Waals surface area contributed by atoms with Crippen LogP contribution in [0, 0.1) is 0 Å². The smallest absolute Gasteiger partial charge is 0.192 e. The molecule has 0 aliphatic carbocycles. The van der Waals surface area contributed by atoms with Gasteiger partial charge in [-0.05, 0) is 36.6 Å². The summed E-state index contributed by atoms with van der Waals surface area (Å²) < 4.78 is 7.13. The first-order valence-corrected chi connectivity index (χ1v) is 7.92. The number of rotatable bonds is 8. The normalized spacial score (nSPS) is 12.8. The van der Waals surface area contributed by atoms with E-state index in [1.165, 1.54) is 5.19 Å². The fourth-order valence-electron chi connectivity index (χ4n) is 1.55. The quantitative estimate of drug-likeness (QED) is 0.529. The van der Waals surface area contributed by atoms with Crippen molar-refractivity contribution in [1.29, 1.82) is 0 Å². The Hall–Kier alpha value is -0.643. The van der Waals surface area contributed by atoms with Crippen molar-refractivity contribution in [3.05, 3.63) is 54.0 Å². The largest absolute Gasteiger partial charge is 0.415 e. The predicted molar refractivity (Wildman–Crippen MR) is 81.4 cm³/mol. The maximum absolute atomic E-state index is 6.02. The molecule has 0 fully saturated rings. The van der Waals surface area contributed by atoms with Gasteiger partial charge in [-0.3, -0.25) is 0 Å². The lowest BCUT2D eigenvalue weighted by Gasteiger charge is -2.15. The molecule has 1 aromatic rings.